The number of nitrogens with zero attached hydrogens (tertiary/aromatic N) is 6. The molecule has 0 aromatic carbocycles. The van der Waals surface area contributed by atoms with Crippen LogP contribution < -0.4 is 10.6 Å². The second-order valence-corrected chi connectivity index (χ2v) is 3.59. The van der Waals surface area contributed by atoms with Crippen LogP contribution in [0.4, 0.5) is 5.82 Å². The van der Waals surface area contributed by atoms with E-state index < -0.39 is 0 Å². The predicted molar refractivity (Wildman–Crippen MR) is 53.4 cm³/mol. The van der Waals surface area contributed by atoms with Gasteiger partial charge >= 0.3 is 0 Å². The van der Waals surface area contributed by atoms with Gasteiger partial charge in [0.2, 0.25) is 0 Å². The summed E-state index contributed by atoms with van der Waals surface area (Å²) in [5.41, 5.74) is 6.32. The molecule has 0 amide bonds. The highest BCUT2D eigenvalue weighted by Crippen LogP contribution is 2.24. The molecule has 1 unspecified atom stereocenters. The van der Waals surface area contributed by atoms with Crippen LogP contribution >= 0.6 is 0 Å². The fourth-order valence-electron chi connectivity index (χ4n) is 1.85. The average Bonchev–Trinajstić information content (AvgIpc) is 2.65. The standard InChI is InChI=1S/C8H11N7/c9-3-6-1-2-14(6)8-5-10-4-7-11-12-13-15(7)8/h4-6H,1-3,9H2. The zero-order chi connectivity index (χ0) is 10.3. The Morgan fingerprint density at radius 3 is 3.13 bits per heavy atom. The van der Waals surface area contributed by atoms with E-state index in [2.05, 4.69) is 25.4 Å². The van der Waals surface area contributed by atoms with E-state index in [0.717, 1.165) is 18.8 Å². The van der Waals surface area contributed by atoms with Crippen molar-refractivity contribution in [2.45, 2.75) is 12.5 Å². The zero-order valence-corrected chi connectivity index (χ0v) is 8.11. The van der Waals surface area contributed by atoms with E-state index in [0.29, 0.717) is 18.2 Å². The van der Waals surface area contributed by atoms with Gasteiger partial charge in [0.05, 0.1) is 12.4 Å². The van der Waals surface area contributed by atoms with Crippen molar-refractivity contribution in [3.8, 4) is 0 Å². The molecule has 78 valence electrons. The van der Waals surface area contributed by atoms with Crippen molar-refractivity contribution in [3.05, 3.63) is 12.4 Å². The highest BCUT2D eigenvalue weighted by Gasteiger charge is 2.28. The molecule has 1 aliphatic heterocycles. The van der Waals surface area contributed by atoms with Gasteiger partial charge in [0.25, 0.3) is 0 Å². The van der Waals surface area contributed by atoms with Crippen molar-refractivity contribution in [1.82, 2.24) is 25.0 Å². The fourth-order valence-corrected chi connectivity index (χ4v) is 1.85. The molecular formula is C8H11N7. The molecule has 0 spiro atoms. The Labute approximate surface area is 85.9 Å². The van der Waals surface area contributed by atoms with Crippen molar-refractivity contribution < 1.29 is 0 Å². The van der Waals surface area contributed by atoms with Gasteiger partial charge in [-0.2, -0.15) is 4.52 Å². The summed E-state index contributed by atoms with van der Waals surface area (Å²) in [6, 6.07) is 0.390. The first-order valence-corrected chi connectivity index (χ1v) is 4.89. The Hall–Kier alpha value is -1.76. The molecule has 0 saturated carbocycles. The van der Waals surface area contributed by atoms with E-state index in [1.54, 1.807) is 16.9 Å². The Morgan fingerprint density at radius 1 is 1.47 bits per heavy atom. The molecule has 15 heavy (non-hydrogen) atoms. The summed E-state index contributed by atoms with van der Waals surface area (Å²) in [4.78, 5) is 6.29. The highest BCUT2D eigenvalue weighted by atomic mass is 15.5. The maximum absolute atomic E-state index is 5.66. The third-order valence-corrected chi connectivity index (χ3v) is 2.80. The minimum absolute atomic E-state index is 0.390. The summed E-state index contributed by atoms with van der Waals surface area (Å²) in [5, 5.41) is 11.4. The SMILES string of the molecule is NCC1CCN1c1cncc2nnnn12. The lowest BCUT2D eigenvalue weighted by atomic mass is 10.0. The van der Waals surface area contributed by atoms with Gasteiger partial charge in [-0.1, -0.05) is 0 Å². The second-order valence-electron chi connectivity index (χ2n) is 3.59. The summed E-state index contributed by atoms with van der Waals surface area (Å²) in [6.07, 6.45) is 4.53. The molecular weight excluding hydrogens is 194 g/mol. The highest BCUT2D eigenvalue weighted by molar-refractivity contribution is 5.48. The van der Waals surface area contributed by atoms with Gasteiger partial charge in [-0.3, -0.25) is 4.98 Å². The van der Waals surface area contributed by atoms with Gasteiger partial charge in [0.1, 0.15) is 0 Å². The maximum Gasteiger partial charge on any atom is 0.199 e. The summed E-state index contributed by atoms with van der Waals surface area (Å²) in [7, 11) is 0. The second kappa shape index (κ2) is 3.13. The van der Waals surface area contributed by atoms with Crippen molar-refractivity contribution in [2.24, 2.45) is 5.73 Å². The molecule has 1 saturated heterocycles. The largest absolute Gasteiger partial charge is 0.351 e. The smallest absolute Gasteiger partial charge is 0.199 e. The average molecular weight is 205 g/mol. The third-order valence-electron chi connectivity index (χ3n) is 2.80. The monoisotopic (exact) mass is 205 g/mol. The van der Waals surface area contributed by atoms with Crippen LogP contribution in [-0.2, 0) is 0 Å². The van der Waals surface area contributed by atoms with Crippen LogP contribution in [0.5, 0.6) is 0 Å². The minimum Gasteiger partial charge on any atom is -0.351 e. The van der Waals surface area contributed by atoms with Crippen molar-refractivity contribution in [2.75, 3.05) is 18.0 Å². The number of nitrogens with two attached hydrogens (primary N) is 1. The number of aromatic nitrogens is 5. The first kappa shape index (κ1) is 8.54. The molecule has 2 N–H and O–H groups in total. The molecule has 1 atom stereocenters. The summed E-state index contributed by atoms with van der Waals surface area (Å²) in [5.74, 6) is 0.916. The third kappa shape index (κ3) is 1.16. The van der Waals surface area contributed by atoms with Crippen LogP contribution in [0, 0.1) is 0 Å². The lowest BCUT2D eigenvalue weighted by Gasteiger charge is -2.41. The number of rotatable bonds is 2. The Kier molecular flexibility index (Phi) is 1.78. The van der Waals surface area contributed by atoms with Crippen molar-refractivity contribution >= 4 is 11.5 Å². The van der Waals surface area contributed by atoms with Gasteiger partial charge < -0.3 is 10.6 Å². The van der Waals surface area contributed by atoms with Crippen LogP contribution in [0.3, 0.4) is 0 Å². The molecule has 2 aromatic heterocycles. The van der Waals surface area contributed by atoms with Crippen LogP contribution in [0.1, 0.15) is 6.42 Å². The zero-order valence-electron chi connectivity index (χ0n) is 8.11. The van der Waals surface area contributed by atoms with E-state index in [-0.39, 0.29) is 0 Å². The summed E-state index contributed by atoms with van der Waals surface area (Å²) < 4.78 is 1.69. The number of anilines is 1. The van der Waals surface area contributed by atoms with Gasteiger partial charge in [-0.05, 0) is 16.8 Å². The molecule has 1 aliphatic rings. The molecule has 0 radical (unpaired) electrons. The van der Waals surface area contributed by atoms with Crippen molar-refractivity contribution in [3.63, 3.8) is 0 Å². The van der Waals surface area contributed by atoms with E-state index >= 15 is 0 Å². The molecule has 7 nitrogen and oxygen atoms in total. The first-order chi connectivity index (χ1) is 7.40. The molecule has 0 aliphatic carbocycles. The number of tetrazole rings is 1. The number of fused-ring (bicyclic) bond motifs is 1. The fraction of sp³-hybridized carbons (Fsp3) is 0.500. The molecule has 1 fully saturated rings. The summed E-state index contributed by atoms with van der Waals surface area (Å²) >= 11 is 0. The van der Waals surface area contributed by atoms with E-state index in [9.17, 15) is 0 Å². The Morgan fingerprint density at radius 2 is 2.40 bits per heavy atom. The van der Waals surface area contributed by atoms with Crippen LogP contribution in [0.2, 0.25) is 0 Å². The lowest BCUT2D eigenvalue weighted by Crippen LogP contribution is -2.52. The normalized spacial score (nSPS) is 20.6. The van der Waals surface area contributed by atoms with E-state index in [1.807, 2.05) is 0 Å². The number of hydrogen-bond acceptors (Lipinski definition) is 6. The molecule has 3 heterocycles. The molecule has 0 bridgehead atoms. The topological polar surface area (TPSA) is 85.2 Å². The lowest BCUT2D eigenvalue weighted by molar-refractivity contribution is 0.447. The Balaban J connectivity index is 2.06. The van der Waals surface area contributed by atoms with Gasteiger partial charge in [0.15, 0.2) is 11.5 Å². The van der Waals surface area contributed by atoms with Gasteiger partial charge in [-0.15, -0.1) is 5.10 Å². The molecule has 7 heteroatoms. The van der Waals surface area contributed by atoms with Crippen LogP contribution in [-0.4, -0.2) is 44.2 Å². The summed E-state index contributed by atoms with van der Waals surface area (Å²) in [6.45, 7) is 1.64. The molecule has 2 aromatic rings. The predicted octanol–water partition coefficient (Wildman–Crippen LogP) is -0.943. The van der Waals surface area contributed by atoms with E-state index in [1.165, 1.54) is 0 Å². The molecule has 3 rings (SSSR count). The van der Waals surface area contributed by atoms with Gasteiger partial charge in [0, 0.05) is 19.1 Å². The first-order valence-electron chi connectivity index (χ1n) is 4.89. The quantitative estimate of drug-likeness (QED) is 0.680. The number of hydrogen-bond donors (Lipinski definition) is 1. The minimum atomic E-state index is 0.390. The Bertz CT molecular complexity index is 477. The van der Waals surface area contributed by atoms with E-state index in [4.69, 9.17) is 5.73 Å². The van der Waals surface area contributed by atoms with Crippen LogP contribution in [0.15, 0.2) is 12.4 Å². The van der Waals surface area contributed by atoms with Crippen LogP contribution in [0.25, 0.3) is 5.65 Å². The maximum atomic E-state index is 5.66. The van der Waals surface area contributed by atoms with Crippen molar-refractivity contribution in [1.29, 1.82) is 0 Å². The van der Waals surface area contributed by atoms with Gasteiger partial charge in [-0.25, -0.2) is 0 Å².